The van der Waals surface area contributed by atoms with Crippen LogP contribution in [-0.4, -0.2) is 54.0 Å². The van der Waals surface area contributed by atoms with Crippen molar-refractivity contribution < 1.29 is 14.3 Å². The zero-order chi connectivity index (χ0) is 21.1. The minimum absolute atomic E-state index is 0.161. The molecule has 0 saturated carbocycles. The second-order valence-electron chi connectivity index (χ2n) is 7.52. The van der Waals surface area contributed by atoms with Crippen molar-refractivity contribution in [3.05, 3.63) is 71.9 Å². The van der Waals surface area contributed by atoms with E-state index in [2.05, 4.69) is 22.0 Å². The summed E-state index contributed by atoms with van der Waals surface area (Å²) in [5.41, 5.74) is 3.06. The number of esters is 1. The number of ether oxygens (including phenoxy) is 1. The largest absolute Gasteiger partial charge is 0.449 e. The smallest absolute Gasteiger partial charge is 0.339 e. The van der Waals surface area contributed by atoms with E-state index in [1.807, 2.05) is 49.4 Å². The maximum absolute atomic E-state index is 12.9. The molecule has 3 aromatic rings. The zero-order valence-electron chi connectivity index (χ0n) is 17.2. The molecule has 4 rings (SSSR count). The molecule has 30 heavy (non-hydrogen) atoms. The SMILES string of the molecule is Cc1cc(C(=O)O[C@H](C)C(=O)N2CCN(c3ccccc3)CC2)c2ccccc2n1. The highest BCUT2D eigenvalue weighted by atomic mass is 16.5. The van der Waals surface area contributed by atoms with Gasteiger partial charge in [0.1, 0.15) is 0 Å². The van der Waals surface area contributed by atoms with Crippen LogP contribution >= 0.6 is 0 Å². The first-order valence-electron chi connectivity index (χ1n) is 10.2. The third-order valence-electron chi connectivity index (χ3n) is 5.41. The maximum Gasteiger partial charge on any atom is 0.339 e. The first-order chi connectivity index (χ1) is 14.5. The van der Waals surface area contributed by atoms with Gasteiger partial charge in [-0.1, -0.05) is 36.4 Å². The molecule has 154 valence electrons. The normalized spacial score (nSPS) is 15.1. The Balaban J connectivity index is 1.40. The van der Waals surface area contributed by atoms with E-state index in [-0.39, 0.29) is 5.91 Å². The highest BCUT2D eigenvalue weighted by Crippen LogP contribution is 2.20. The standard InChI is InChI=1S/C24H25N3O3/c1-17-16-21(20-10-6-7-11-22(20)25-17)24(29)30-18(2)23(28)27-14-12-26(13-15-27)19-8-4-3-5-9-19/h3-11,16,18H,12-15H2,1-2H3/t18-/m1/s1. The van der Waals surface area contributed by atoms with E-state index in [1.54, 1.807) is 17.9 Å². The van der Waals surface area contributed by atoms with Crippen molar-refractivity contribution in [1.29, 1.82) is 0 Å². The Morgan fingerprint density at radius 2 is 1.63 bits per heavy atom. The summed E-state index contributed by atoms with van der Waals surface area (Å²) in [5.74, 6) is -0.661. The third-order valence-corrected chi connectivity index (χ3v) is 5.41. The molecule has 0 unspecified atom stereocenters. The molecule has 0 spiro atoms. The van der Waals surface area contributed by atoms with Gasteiger partial charge in [-0.05, 0) is 38.1 Å². The minimum Gasteiger partial charge on any atom is -0.449 e. The summed E-state index contributed by atoms with van der Waals surface area (Å²) in [6, 6.07) is 19.3. The van der Waals surface area contributed by atoms with Crippen LogP contribution in [-0.2, 0) is 9.53 Å². The Morgan fingerprint density at radius 1 is 0.967 bits per heavy atom. The molecule has 1 aliphatic heterocycles. The number of fused-ring (bicyclic) bond motifs is 1. The second-order valence-corrected chi connectivity index (χ2v) is 7.52. The molecule has 1 amide bonds. The van der Waals surface area contributed by atoms with Gasteiger partial charge in [0.25, 0.3) is 5.91 Å². The first kappa shape index (κ1) is 19.9. The average molecular weight is 403 g/mol. The van der Waals surface area contributed by atoms with E-state index < -0.39 is 12.1 Å². The summed E-state index contributed by atoms with van der Waals surface area (Å²) < 4.78 is 5.55. The molecule has 1 saturated heterocycles. The number of pyridine rings is 1. The predicted molar refractivity (Wildman–Crippen MR) is 117 cm³/mol. The number of carbonyl (C=O) groups is 2. The van der Waals surface area contributed by atoms with E-state index in [1.165, 1.54) is 0 Å². The Labute approximate surface area is 176 Å². The molecular weight excluding hydrogens is 378 g/mol. The number of aryl methyl sites for hydroxylation is 1. The molecule has 1 atom stereocenters. The number of anilines is 1. The first-order valence-corrected chi connectivity index (χ1v) is 10.2. The summed E-state index contributed by atoms with van der Waals surface area (Å²) >= 11 is 0. The monoisotopic (exact) mass is 403 g/mol. The summed E-state index contributed by atoms with van der Waals surface area (Å²) in [5, 5.41) is 0.726. The molecule has 1 aliphatic rings. The molecule has 2 aromatic carbocycles. The van der Waals surface area contributed by atoms with Crippen LogP contribution < -0.4 is 4.90 Å². The number of piperazine rings is 1. The van der Waals surface area contributed by atoms with Gasteiger partial charge in [0, 0.05) is 42.9 Å². The fourth-order valence-corrected chi connectivity index (χ4v) is 3.83. The number of amides is 1. The molecule has 1 aromatic heterocycles. The van der Waals surface area contributed by atoms with Crippen molar-refractivity contribution >= 4 is 28.5 Å². The summed E-state index contributed by atoms with van der Waals surface area (Å²) in [7, 11) is 0. The molecule has 0 N–H and O–H groups in total. The van der Waals surface area contributed by atoms with Gasteiger partial charge in [-0.3, -0.25) is 9.78 Å². The molecule has 6 nitrogen and oxygen atoms in total. The van der Waals surface area contributed by atoms with Crippen molar-refractivity contribution in [1.82, 2.24) is 9.88 Å². The van der Waals surface area contributed by atoms with Crippen LogP contribution in [0.4, 0.5) is 5.69 Å². The summed E-state index contributed by atoms with van der Waals surface area (Å²) in [6.45, 7) is 6.19. The van der Waals surface area contributed by atoms with Gasteiger partial charge in [0.15, 0.2) is 6.10 Å². The van der Waals surface area contributed by atoms with E-state index in [9.17, 15) is 9.59 Å². The van der Waals surface area contributed by atoms with Crippen LogP contribution in [0.25, 0.3) is 10.9 Å². The van der Waals surface area contributed by atoms with Crippen molar-refractivity contribution in [3.63, 3.8) is 0 Å². The Morgan fingerprint density at radius 3 is 2.37 bits per heavy atom. The number of hydrogen-bond acceptors (Lipinski definition) is 5. The van der Waals surface area contributed by atoms with E-state index in [0.717, 1.165) is 35.4 Å². The maximum atomic E-state index is 12.9. The van der Waals surface area contributed by atoms with Crippen LogP contribution in [0.15, 0.2) is 60.7 Å². The number of nitrogens with zero attached hydrogens (tertiary/aromatic N) is 3. The van der Waals surface area contributed by atoms with Gasteiger partial charge in [0.05, 0.1) is 11.1 Å². The van der Waals surface area contributed by atoms with Crippen LogP contribution in [0.2, 0.25) is 0 Å². The van der Waals surface area contributed by atoms with E-state index in [0.29, 0.717) is 18.7 Å². The second kappa shape index (κ2) is 8.53. The lowest BCUT2D eigenvalue weighted by atomic mass is 10.1. The molecule has 0 radical (unpaired) electrons. The molecule has 6 heteroatoms. The molecular formula is C24H25N3O3. The van der Waals surface area contributed by atoms with Crippen molar-refractivity contribution in [2.45, 2.75) is 20.0 Å². The fourth-order valence-electron chi connectivity index (χ4n) is 3.83. The number of benzene rings is 2. The van der Waals surface area contributed by atoms with E-state index in [4.69, 9.17) is 4.74 Å². The van der Waals surface area contributed by atoms with Crippen molar-refractivity contribution in [2.75, 3.05) is 31.1 Å². The number of carbonyl (C=O) groups excluding carboxylic acids is 2. The van der Waals surface area contributed by atoms with Crippen LogP contribution in [0, 0.1) is 6.92 Å². The Hall–Kier alpha value is -3.41. The van der Waals surface area contributed by atoms with E-state index >= 15 is 0 Å². The Kier molecular flexibility index (Phi) is 5.65. The lowest BCUT2D eigenvalue weighted by Crippen LogP contribution is -2.51. The molecule has 0 bridgehead atoms. The van der Waals surface area contributed by atoms with Crippen LogP contribution in [0.3, 0.4) is 0 Å². The third kappa shape index (κ3) is 4.13. The van der Waals surface area contributed by atoms with Crippen molar-refractivity contribution in [3.8, 4) is 0 Å². The lowest BCUT2D eigenvalue weighted by molar-refractivity contribution is -0.140. The number of para-hydroxylation sites is 2. The quantitative estimate of drug-likeness (QED) is 0.625. The summed E-state index contributed by atoms with van der Waals surface area (Å²) in [4.78, 5) is 34.2. The molecule has 0 aliphatic carbocycles. The lowest BCUT2D eigenvalue weighted by Gasteiger charge is -2.37. The highest BCUT2D eigenvalue weighted by Gasteiger charge is 2.28. The number of aromatic nitrogens is 1. The predicted octanol–water partition coefficient (Wildman–Crippen LogP) is 3.44. The topological polar surface area (TPSA) is 62.7 Å². The highest BCUT2D eigenvalue weighted by molar-refractivity contribution is 6.04. The van der Waals surface area contributed by atoms with Gasteiger partial charge in [-0.25, -0.2) is 4.79 Å². The summed E-state index contributed by atoms with van der Waals surface area (Å²) in [6.07, 6.45) is -0.840. The van der Waals surface area contributed by atoms with Gasteiger partial charge in [-0.2, -0.15) is 0 Å². The minimum atomic E-state index is -0.840. The molecule has 1 fully saturated rings. The van der Waals surface area contributed by atoms with Gasteiger partial charge in [-0.15, -0.1) is 0 Å². The Bertz CT molecular complexity index is 1060. The van der Waals surface area contributed by atoms with Gasteiger partial charge >= 0.3 is 5.97 Å². The number of rotatable bonds is 4. The van der Waals surface area contributed by atoms with Crippen molar-refractivity contribution in [2.24, 2.45) is 0 Å². The average Bonchev–Trinajstić information content (AvgIpc) is 2.78. The van der Waals surface area contributed by atoms with Crippen LogP contribution in [0.5, 0.6) is 0 Å². The molecule has 2 heterocycles. The number of hydrogen-bond donors (Lipinski definition) is 0. The van der Waals surface area contributed by atoms with Crippen LogP contribution in [0.1, 0.15) is 23.0 Å². The zero-order valence-corrected chi connectivity index (χ0v) is 17.2. The van der Waals surface area contributed by atoms with Gasteiger partial charge in [0.2, 0.25) is 0 Å². The fraction of sp³-hybridized carbons (Fsp3) is 0.292. The van der Waals surface area contributed by atoms with Gasteiger partial charge < -0.3 is 14.5 Å².